The first-order chi connectivity index (χ1) is 10.2. The third-order valence-electron chi connectivity index (χ3n) is 3.68. The average Bonchev–Trinajstić information content (AvgIpc) is 2.53. The topological polar surface area (TPSA) is 38.7 Å². The maximum atomic E-state index is 11.9. The van der Waals surface area contributed by atoms with E-state index in [-0.39, 0.29) is 0 Å². The molecule has 21 heavy (non-hydrogen) atoms. The fraction of sp³-hybridized carbons (Fsp3) is 0.222. The maximum absolute atomic E-state index is 11.9. The molecule has 0 atom stereocenters. The third kappa shape index (κ3) is 3.02. The van der Waals surface area contributed by atoms with Crippen LogP contribution in [0.25, 0.3) is 0 Å². The number of hydrogen-bond donors (Lipinski definition) is 0. The van der Waals surface area contributed by atoms with E-state index in [9.17, 15) is 4.79 Å². The zero-order chi connectivity index (χ0) is 14.7. The zero-order valence-electron chi connectivity index (χ0n) is 12.0. The van der Waals surface area contributed by atoms with Crippen LogP contribution < -0.4 is 0 Å². The van der Waals surface area contributed by atoms with Gasteiger partial charge >= 0.3 is 5.97 Å². The molecule has 106 valence electrons. The summed E-state index contributed by atoms with van der Waals surface area (Å²) >= 11 is 0. The molecule has 0 bridgehead atoms. The fourth-order valence-electron chi connectivity index (χ4n) is 2.61. The molecule has 0 aromatic heterocycles. The predicted molar refractivity (Wildman–Crippen MR) is 82.5 cm³/mol. The van der Waals surface area contributed by atoms with Crippen molar-refractivity contribution in [3.05, 3.63) is 70.8 Å². The van der Waals surface area contributed by atoms with Gasteiger partial charge in [-0.3, -0.25) is 0 Å². The molecule has 2 aromatic carbocycles. The van der Waals surface area contributed by atoms with E-state index in [4.69, 9.17) is 4.84 Å². The van der Waals surface area contributed by atoms with Crippen molar-refractivity contribution in [1.29, 1.82) is 0 Å². The lowest BCUT2D eigenvalue weighted by Gasteiger charge is -2.17. The highest BCUT2D eigenvalue weighted by Gasteiger charge is 2.17. The summed E-state index contributed by atoms with van der Waals surface area (Å²) in [5, 5.41) is 4.10. The van der Waals surface area contributed by atoms with Crippen LogP contribution in [-0.4, -0.2) is 11.7 Å². The second-order valence-corrected chi connectivity index (χ2v) is 5.30. The predicted octanol–water partition coefficient (Wildman–Crippen LogP) is 3.89. The van der Waals surface area contributed by atoms with Gasteiger partial charge in [-0.2, -0.15) is 0 Å². The number of benzene rings is 2. The first kappa shape index (κ1) is 13.6. The number of rotatable bonds is 2. The zero-order valence-corrected chi connectivity index (χ0v) is 12.0. The normalized spacial score (nSPS) is 15.6. The Kier molecular flexibility index (Phi) is 3.82. The summed E-state index contributed by atoms with van der Waals surface area (Å²) < 4.78 is 0. The lowest BCUT2D eigenvalue weighted by molar-refractivity contribution is 0.0515. The largest absolute Gasteiger partial charge is 0.365 e. The van der Waals surface area contributed by atoms with E-state index >= 15 is 0 Å². The number of fused-ring (bicyclic) bond motifs is 1. The van der Waals surface area contributed by atoms with Crippen molar-refractivity contribution in [2.45, 2.75) is 26.2 Å². The number of carbonyl (C=O) groups excluding carboxylic acids is 1. The summed E-state index contributed by atoms with van der Waals surface area (Å²) in [7, 11) is 0. The number of oxime groups is 1. The molecule has 0 aliphatic heterocycles. The first-order valence-corrected chi connectivity index (χ1v) is 7.17. The Labute approximate surface area is 124 Å². The molecule has 2 aromatic rings. The maximum Gasteiger partial charge on any atom is 0.365 e. The van der Waals surface area contributed by atoms with Crippen LogP contribution in [0.4, 0.5) is 0 Å². The van der Waals surface area contributed by atoms with E-state index in [0.717, 1.165) is 30.5 Å². The van der Waals surface area contributed by atoms with Gasteiger partial charge in [0.1, 0.15) is 0 Å². The Balaban J connectivity index is 1.81. The summed E-state index contributed by atoms with van der Waals surface area (Å²) in [6.07, 6.45) is 2.94. The molecule has 0 amide bonds. The summed E-state index contributed by atoms with van der Waals surface area (Å²) in [4.78, 5) is 17.0. The van der Waals surface area contributed by atoms with Crippen molar-refractivity contribution < 1.29 is 9.63 Å². The highest BCUT2D eigenvalue weighted by Crippen LogP contribution is 2.23. The van der Waals surface area contributed by atoms with Crippen molar-refractivity contribution >= 4 is 11.7 Å². The van der Waals surface area contributed by atoms with Crippen LogP contribution in [0.15, 0.2) is 53.7 Å². The van der Waals surface area contributed by atoms with Crippen LogP contribution in [0.2, 0.25) is 0 Å². The number of aryl methyl sites for hydroxylation is 2. The Morgan fingerprint density at radius 2 is 1.90 bits per heavy atom. The van der Waals surface area contributed by atoms with Gasteiger partial charge in [0.25, 0.3) is 0 Å². The van der Waals surface area contributed by atoms with Gasteiger partial charge in [0.15, 0.2) is 0 Å². The smallest absolute Gasteiger partial charge is 0.313 e. The van der Waals surface area contributed by atoms with Gasteiger partial charge in [0.05, 0.1) is 11.3 Å². The van der Waals surface area contributed by atoms with Crippen LogP contribution in [0.1, 0.15) is 39.9 Å². The molecule has 0 unspecified atom stereocenters. The molecule has 1 aliphatic rings. The van der Waals surface area contributed by atoms with Crippen molar-refractivity contribution in [3.63, 3.8) is 0 Å². The molecule has 3 heteroatoms. The number of nitrogens with zero attached hydrogens (tertiary/aromatic N) is 1. The molecular formula is C18H17NO2. The Hall–Kier alpha value is -2.42. The van der Waals surface area contributed by atoms with Crippen molar-refractivity contribution in [3.8, 4) is 0 Å². The molecule has 0 saturated carbocycles. The molecule has 3 nitrogen and oxygen atoms in total. The van der Waals surface area contributed by atoms with Crippen molar-refractivity contribution in [2.75, 3.05) is 0 Å². The first-order valence-electron chi connectivity index (χ1n) is 7.17. The molecule has 0 spiro atoms. The fourth-order valence-corrected chi connectivity index (χ4v) is 2.61. The third-order valence-corrected chi connectivity index (χ3v) is 3.68. The standard InChI is InChI=1S/C18H17NO2/c1-13-10-11-16-15(12-13)8-5-9-17(16)19-21-18(20)14-6-3-2-4-7-14/h2-4,6-7,10-12H,5,8-9H2,1H3/b19-17+. The van der Waals surface area contributed by atoms with Gasteiger partial charge in [0.2, 0.25) is 0 Å². The van der Waals surface area contributed by atoms with Gasteiger partial charge in [-0.15, -0.1) is 0 Å². The minimum Gasteiger partial charge on any atom is -0.313 e. The lowest BCUT2D eigenvalue weighted by atomic mass is 9.89. The van der Waals surface area contributed by atoms with Crippen LogP contribution >= 0.6 is 0 Å². The van der Waals surface area contributed by atoms with E-state index < -0.39 is 5.97 Å². The molecule has 0 saturated heterocycles. The van der Waals surface area contributed by atoms with Crippen molar-refractivity contribution in [1.82, 2.24) is 0 Å². The van der Waals surface area contributed by atoms with E-state index in [1.165, 1.54) is 11.1 Å². The minimum absolute atomic E-state index is 0.415. The van der Waals surface area contributed by atoms with Gasteiger partial charge in [-0.25, -0.2) is 4.79 Å². The van der Waals surface area contributed by atoms with Crippen LogP contribution in [0.3, 0.4) is 0 Å². The summed E-state index contributed by atoms with van der Waals surface area (Å²) in [5.74, 6) is -0.415. The Morgan fingerprint density at radius 1 is 1.10 bits per heavy atom. The summed E-state index contributed by atoms with van der Waals surface area (Å²) in [6.45, 7) is 2.08. The molecule has 0 radical (unpaired) electrons. The van der Waals surface area contributed by atoms with E-state index in [0.29, 0.717) is 5.56 Å². The van der Waals surface area contributed by atoms with Crippen LogP contribution in [0.5, 0.6) is 0 Å². The molecule has 3 rings (SSSR count). The number of hydrogen-bond acceptors (Lipinski definition) is 3. The SMILES string of the molecule is Cc1ccc2c(c1)CCC/C2=N\OC(=O)c1ccccc1. The van der Waals surface area contributed by atoms with E-state index in [2.05, 4.69) is 30.3 Å². The summed E-state index contributed by atoms with van der Waals surface area (Å²) in [6, 6.07) is 15.2. The monoisotopic (exact) mass is 279 g/mol. The molecular weight excluding hydrogens is 262 g/mol. The second kappa shape index (κ2) is 5.92. The Bertz CT molecular complexity index is 690. The molecule has 0 fully saturated rings. The van der Waals surface area contributed by atoms with Gasteiger partial charge in [-0.1, -0.05) is 47.1 Å². The van der Waals surface area contributed by atoms with Gasteiger partial charge in [0, 0.05) is 5.56 Å². The second-order valence-electron chi connectivity index (χ2n) is 5.30. The van der Waals surface area contributed by atoms with Gasteiger partial charge in [-0.05, 0) is 43.9 Å². The highest BCUT2D eigenvalue weighted by molar-refractivity contribution is 6.03. The number of carbonyl (C=O) groups is 1. The van der Waals surface area contributed by atoms with Gasteiger partial charge < -0.3 is 4.84 Å². The van der Waals surface area contributed by atoms with Crippen LogP contribution in [0, 0.1) is 6.92 Å². The Morgan fingerprint density at radius 3 is 2.71 bits per heavy atom. The molecule has 0 heterocycles. The summed E-state index contributed by atoms with van der Waals surface area (Å²) in [5.41, 5.74) is 5.02. The highest BCUT2D eigenvalue weighted by atomic mass is 16.7. The molecule has 1 aliphatic carbocycles. The average molecular weight is 279 g/mol. The lowest BCUT2D eigenvalue weighted by Crippen LogP contribution is -2.13. The minimum atomic E-state index is -0.415. The quantitative estimate of drug-likeness (QED) is 0.618. The molecule has 0 N–H and O–H groups in total. The van der Waals surface area contributed by atoms with E-state index in [1.54, 1.807) is 12.1 Å². The van der Waals surface area contributed by atoms with E-state index in [1.807, 2.05) is 18.2 Å². The van der Waals surface area contributed by atoms with Crippen molar-refractivity contribution in [2.24, 2.45) is 5.16 Å². The van der Waals surface area contributed by atoms with Crippen LogP contribution in [-0.2, 0) is 11.3 Å².